The number of nitrogens with one attached hydrogen (secondary N) is 2. The third-order valence-electron chi connectivity index (χ3n) is 6.23. The molecule has 2 fully saturated rings. The Morgan fingerprint density at radius 1 is 0.862 bits per heavy atom. The molecule has 4 rings (SSSR count). The van der Waals surface area contributed by atoms with E-state index in [0.717, 1.165) is 25.6 Å². The molecule has 0 radical (unpaired) electrons. The van der Waals surface area contributed by atoms with E-state index in [1.165, 1.54) is 62.0 Å². The first-order chi connectivity index (χ1) is 13.4. The van der Waals surface area contributed by atoms with Crippen LogP contribution in [0.25, 0.3) is 0 Å². The fourth-order valence-corrected chi connectivity index (χ4v) is 4.79. The van der Waals surface area contributed by atoms with Gasteiger partial charge >= 0.3 is 0 Å². The number of benzene rings is 2. The fraction of sp³-hybridized carbons (Fsp3) is 0.500. The van der Waals surface area contributed by atoms with Crippen LogP contribution in [0.3, 0.4) is 0 Å². The van der Waals surface area contributed by atoms with Crippen molar-refractivity contribution in [3.05, 3.63) is 65.7 Å². The highest BCUT2D eigenvalue weighted by Gasteiger charge is 2.30. The highest BCUT2D eigenvalue weighted by Crippen LogP contribution is 2.38. The molecule has 5 heteroatoms. The molecule has 0 spiro atoms. The van der Waals surface area contributed by atoms with Crippen LogP contribution in [0.1, 0.15) is 49.3 Å². The normalized spacial score (nSPS) is 18.9. The van der Waals surface area contributed by atoms with Crippen molar-refractivity contribution in [3.8, 4) is 0 Å². The van der Waals surface area contributed by atoms with Crippen LogP contribution in [-0.4, -0.2) is 31.1 Å². The Hall–Kier alpha value is -1.26. The average molecular weight is 436 g/mol. The van der Waals surface area contributed by atoms with E-state index in [4.69, 9.17) is 0 Å². The summed E-state index contributed by atoms with van der Waals surface area (Å²) < 4.78 is 0. The molecular weight excluding hydrogens is 401 g/mol. The maximum absolute atomic E-state index is 3.56. The summed E-state index contributed by atoms with van der Waals surface area (Å²) in [6.45, 7) is 5.48. The predicted octanol–water partition coefficient (Wildman–Crippen LogP) is 5.67. The first-order valence-corrected chi connectivity index (χ1v) is 10.7. The van der Waals surface area contributed by atoms with Crippen molar-refractivity contribution >= 4 is 30.5 Å². The minimum Gasteiger partial charge on any atom is -0.381 e. The van der Waals surface area contributed by atoms with E-state index in [1.54, 1.807) is 0 Å². The predicted molar refractivity (Wildman–Crippen MR) is 128 cm³/mol. The second-order valence-corrected chi connectivity index (χ2v) is 8.09. The van der Waals surface area contributed by atoms with Gasteiger partial charge in [-0.15, -0.1) is 24.8 Å². The lowest BCUT2D eigenvalue weighted by atomic mass is 9.80. The van der Waals surface area contributed by atoms with Crippen LogP contribution in [0, 0.1) is 5.92 Å². The Bertz CT molecular complexity index is 663. The highest BCUT2D eigenvalue weighted by atomic mass is 35.5. The number of halogens is 2. The Labute approximate surface area is 188 Å². The van der Waals surface area contributed by atoms with Gasteiger partial charge in [-0.1, -0.05) is 61.7 Å². The van der Waals surface area contributed by atoms with Gasteiger partial charge in [0, 0.05) is 44.5 Å². The SMILES string of the molecule is Cl.Cl.c1ccc(CNc2ccc([C@H](C3CCCCC3)N3CCNCC3)cc2)cc1. The van der Waals surface area contributed by atoms with E-state index in [2.05, 4.69) is 70.1 Å². The maximum Gasteiger partial charge on any atom is 0.0400 e. The van der Waals surface area contributed by atoms with Gasteiger partial charge in [0.2, 0.25) is 0 Å². The average Bonchev–Trinajstić information content (AvgIpc) is 2.76. The Morgan fingerprint density at radius 3 is 2.17 bits per heavy atom. The summed E-state index contributed by atoms with van der Waals surface area (Å²) in [5, 5.41) is 7.08. The molecule has 0 unspecified atom stereocenters. The van der Waals surface area contributed by atoms with E-state index >= 15 is 0 Å². The van der Waals surface area contributed by atoms with Gasteiger partial charge in [-0.2, -0.15) is 0 Å². The minimum atomic E-state index is 0. The number of rotatable bonds is 6. The van der Waals surface area contributed by atoms with Crippen LogP contribution in [0.15, 0.2) is 54.6 Å². The van der Waals surface area contributed by atoms with Gasteiger partial charge in [0.05, 0.1) is 0 Å². The molecule has 1 aliphatic carbocycles. The quantitative estimate of drug-likeness (QED) is 0.611. The highest BCUT2D eigenvalue weighted by molar-refractivity contribution is 5.85. The molecule has 2 aromatic rings. The fourth-order valence-electron chi connectivity index (χ4n) is 4.79. The second kappa shape index (κ2) is 12.4. The number of hydrogen-bond donors (Lipinski definition) is 2. The van der Waals surface area contributed by atoms with Crippen molar-refractivity contribution < 1.29 is 0 Å². The lowest BCUT2D eigenvalue weighted by molar-refractivity contribution is 0.103. The van der Waals surface area contributed by atoms with Crippen LogP contribution in [0.5, 0.6) is 0 Å². The smallest absolute Gasteiger partial charge is 0.0400 e. The molecule has 3 nitrogen and oxygen atoms in total. The van der Waals surface area contributed by atoms with E-state index in [0.29, 0.717) is 6.04 Å². The van der Waals surface area contributed by atoms with Gasteiger partial charge < -0.3 is 10.6 Å². The molecule has 1 saturated carbocycles. The summed E-state index contributed by atoms with van der Waals surface area (Å²) >= 11 is 0. The van der Waals surface area contributed by atoms with Crippen LogP contribution in [0.4, 0.5) is 5.69 Å². The Balaban J connectivity index is 0.00000150. The molecule has 0 bridgehead atoms. The molecule has 0 aromatic heterocycles. The summed E-state index contributed by atoms with van der Waals surface area (Å²) in [5.74, 6) is 0.819. The zero-order chi connectivity index (χ0) is 18.3. The molecular formula is C24H35Cl2N3. The Morgan fingerprint density at radius 2 is 1.52 bits per heavy atom. The molecule has 0 amide bonds. The van der Waals surface area contributed by atoms with Crippen molar-refractivity contribution in [2.75, 3.05) is 31.5 Å². The van der Waals surface area contributed by atoms with E-state index < -0.39 is 0 Å². The Kier molecular flexibility index (Phi) is 10.3. The van der Waals surface area contributed by atoms with E-state index in [1.807, 2.05) is 0 Å². The summed E-state index contributed by atoms with van der Waals surface area (Å²) in [6, 6.07) is 20.5. The zero-order valence-electron chi connectivity index (χ0n) is 17.2. The van der Waals surface area contributed by atoms with Crippen LogP contribution in [0.2, 0.25) is 0 Å². The molecule has 2 aromatic carbocycles. The van der Waals surface area contributed by atoms with Gasteiger partial charge in [0.1, 0.15) is 0 Å². The molecule has 1 atom stereocenters. The third-order valence-corrected chi connectivity index (χ3v) is 6.23. The van der Waals surface area contributed by atoms with Crippen LogP contribution >= 0.6 is 24.8 Å². The zero-order valence-corrected chi connectivity index (χ0v) is 18.8. The molecule has 1 saturated heterocycles. The molecule has 1 aliphatic heterocycles. The standard InChI is InChI=1S/C24H33N3.2ClH/c1-3-7-20(8-4-1)19-26-23-13-11-22(12-14-23)24(21-9-5-2-6-10-21)27-17-15-25-16-18-27;;/h1,3-4,7-8,11-14,21,24-26H,2,5-6,9-10,15-19H2;2*1H/t24-;;/m0../s1. The summed E-state index contributed by atoms with van der Waals surface area (Å²) in [6.07, 6.45) is 7.02. The van der Waals surface area contributed by atoms with Gasteiger partial charge in [-0.05, 0) is 42.0 Å². The lowest BCUT2D eigenvalue weighted by Crippen LogP contribution is -2.47. The van der Waals surface area contributed by atoms with Crippen molar-refractivity contribution in [3.63, 3.8) is 0 Å². The van der Waals surface area contributed by atoms with Crippen molar-refractivity contribution in [1.82, 2.24) is 10.2 Å². The monoisotopic (exact) mass is 435 g/mol. The topological polar surface area (TPSA) is 27.3 Å². The largest absolute Gasteiger partial charge is 0.381 e. The lowest BCUT2D eigenvalue weighted by Gasteiger charge is -2.41. The van der Waals surface area contributed by atoms with Crippen LogP contribution in [-0.2, 0) is 6.54 Å². The second-order valence-electron chi connectivity index (χ2n) is 8.09. The van der Waals surface area contributed by atoms with E-state index in [-0.39, 0.29) is 24.8 Å². The number of piperazine rings is 1. The van der Waals surface area contributed by atoms with Gasteiger partial charge in [-0.3, -0.25) is 4.90 Å². The first kappa shape index (κ1) is 24.0. The molecule has 2 N–H and O–H groups in total. The maximum atomic E-state index is 3.56. The number of hydrogen-bond acceptors (Lipinski definition) is 3. The molecule has 2 aliphatic rings. The van der Waals surface area contributed by atoms with Crippen molar-refractivity contribution in [2.45, 2.75) is 44.7 Å². The third kappa shape index (κ3) is 6.62. The molecule has 29 heavy (non-hydrogen) atoms. The number of nitrogens with zero attached hydrogens (tertiary/aromatic N) is 1. The van der Waals surface area contributed by atoms with Gasteiger partial charge in [0.25, 0.3) is 0 Å². The summed E-state index contributed by atoms with van der Waals surface area (Å²) in [5.41, 5.74) is 4.04. The molecule has 160 valence electrons. The molecule has 1 heterocycles. The minimum absolute atomic E-state index is 0. The van der Waals surface area contributed by atoms with Crippen molar-refractivity contribution in [2.24, 2.45) is 5.92 Å². The van der Waals surface area contributed by atoms with Gasteiger partial charge in [-0.25, -0.2) is 0 Å². The van der Waals surface area contributed by atoms with Crippen LogP contribution < -0.4 is 10.6 Å². The number of anilines is 1. The van der Waals surface area contributed by atoms with Crippen molar-refractivity contribution in [1.29, 1.82) is 0 Å². The summed E-state index contributed by atoms with van der Waals surface area (Å²) in [7, 11) is 0. The summed E-state index contributed by atoms with van der Waals surface area (Å²) in [4.78, 5) is 2.74. The van der Waals surface area contributed by atoms with E-state index in [9.17, 15) is 0 Å². The first-order valence-electron chi connectivity index (χ1n) is 10.7. The van der Waals surface area contributed by atoms with Gasteiger partial charge in [0.15, 0.2) is 0 Å².